The Kier molecular flexibility index (Phi) is 6.33. The zero-order chi connectivity index (χ0) is 14.6. The molecule has 1 aromatic carbocycles. The largest absolute Gasteiger partial charge is 0.481 e. The molecule has 0 heterocycles. The van der Waals surface area contributed by atoms with Crippen LogP contribution in [-0.2, 0) is 4.79 Å². The van der Waals surface area contributed by atoms with Crippen LogP contribution in [0.3, 0.4) is 0 Å². The lowest BCUT2D eigenvalue weighted by Crippen LogP contribution is -2.39. The molecule has 1 rings (SSSR count). The van der Waals surface area contributed by atoms with Gasteiger partial charge in [0.15, 0.2) is 6.61 Å². The Morgan fingerprint density at radius 1 is 1.26 bits per heavy atom. The summed E-state index contributed by atoms with van der Waals surface area (Å²) in [6.07, 6.45) is 0. The first-order valence-corrected chi connectivity index (χ1v) is 7.77. The Morgan fingerprint density at radius 3 is 2.26 bits per heavy atom. The molecule has 1 N–H and O–H groups in total. The van der Waals surface area contributed by atoms with Crippen molar-refractivity contribution in [1.29, 1.82) is 0 Å². The van der Waals surface area contributed by atoms with E-state index < -0.39 is 0 Å². The Labute approximate surface area is 131 Å². The summed E-state index contributed by atoms with van der Waals surface area (Å²) >= 11 is 6.87. The maximum Gasteiger partial charge on any atom is 0.258 e. The number of ether oxygens (including phenoxy) is 1. The van der Waals surface area contributed by atoms with Gasteiger partial charge in [-0.1, -0.05) is 13.8 Å². The van der Waals surface area contributed by atoms with Crippen molar-refractivity contribution >= 4 is 37.8 Å². The van der Waals surface area contributed by atoms with E-state index in [9.17, 15) is 4.79 Å². The summed E-state index contributed by atoms with van der Waals surface area (Å²) in [5.41, 5.74) is 1.11. The van der Waals surface area contributed by atoms with E-state index in [-0.39, 0.29) is 18.6 Å². The summed E-state index contributed by atoms with van der Waals surface area (Å²) in [5.74, 6) is 0.945. The number of nitrogens with one attached hydrogen (secondary N) is 1. The highest BCUT2D eigenvalue weighted by atomic mass is 79.9. The molecule has 1 atom stereocenters. The maximum atomic E-state index is 11.8. The standard InChI is InChI=1S/C14H19Br2NO2/c1-8(2)10(4)17-13(18)7-19-14-11(15)5-9(3)6-12(14)16/h5-6,8,10H,7H2,1-4H3,(H,17,18)/t10-/m1/s1. The molecule has 3 nitrogen and oxygen atoms in total. The minimum atomic E-state index is -0.111. The summed E-state index contributed by atoms with van der Waals surface area (Å²) in [7, 11) is 0. The summed E-state index contributed by atoms with van der Waals surface area (Å²) < 4.78 is 7.23. The normalized spacial score (nSPS) is 12.4. The van der Waals surface area contributed by atoms with Crippen LogP contribution in [0.25, 0.3) is 0 Å². The van der Waals surface area contributed by atoms with Gasteiger partial charge < -0.3 is 10.1 Å². The third-order valence-corrected chi connectivity index (χ3v) is 4.06. The van der Waals surface area contributed by atoms with Gasteiger partial charge in [-0.2, -0.15) is 0 Å². The summed E-state index contributed by atoms with van der Waals surface area (Å²) in [6, 6.07) is 4.05. The van der Waals surface area contributed by atoms with Gasteiger partial charge in [0.25, 0.3) is 5.91 Å². The molecule has 0 aliphatic heterocycles. The number of aryl methyl sites for hydroxylation is 1. The van der Waals surface area contributed by atoms with Crippen LogP contribution in [0.4, 0.5) is 0 Å². The lowest BCUT2D eigenvalue weighted by atomic mass is 10.1. The second-order valence-electron chi connectivity index (χ2n) is 4.95. The lowest BCUT2D eigenvalue weighted by Gasteiger charge is -2.18. The van der Waals surface area contributed by atoms with Crippen molar-refractivity contribution in [3.8, 4) is 5.75 Å². The number of hydrogen-bond acceptors (Lipinski definition) is 2. The van der Waals surface area contributed by atoms with Crippen molar-refractivity contribution in [3.63, 3.8) is 0 Å². The molecule has 0 aliphatic carbocycles. The van der Waals surface area contributed by atoms with Crippen LogP contribution < -0.4 is 10.1 Å². The lowest BCUT2D eigenvalue weighted by molar-refractivity contribution is -0.124. The number of hydrogen-bond donors (Lipinski definition) is 1. The molecule has 106 valence electrons. The molecule has 0 radical (unpaired) electrons. The molecule has 0 saturated carbocycles. The van der Waals surface area contributed by atoms with E-state index in [1.807, 2.05) is 26.0 Å². The van der Waals surface area contributed by atoms with Crippen LogP contribution in [0.15, 0.2) is 21.1 Å². The molecule has 0 aliphatic rings. The molecular weight excluding hydrogens is 374 g/mol. The summed E-state index contributed by atoms with van der Waals surface area (Å²) in [4.78, 5) is 11.8. The zero-order valence-electron chi connectivity index (χ0n) is 11.6. The molecule has 0 saturated heterocycles. The quantitative estimate of drug-likeness (QED) is 0.820. The number of rotatable bonds is 5. The average molecular weight is 393 g/mol. The first-order chi connectivity index (χ1) is 8.81. The van der Waals surface area contributed by atoms with Crippen LogP contribution in [-0.4, -0.2) is 18.6 Å². The topological polar surface area (TPSA) is 38.3 Å². The van der Waals surface area contributed by atoms with Crippen LogP contribution in [0, 0.1) is 12.8 Å². The molecule has 0 bridgehead atoms. The van der Waals surface area contributed by atoms with Crippen LogP contribution >= 0.6 is 31.9 Å². The van der Waals surface area contributed by atoms with E-state index >= 15 is 0 Å². The molecule has 1 amide bonds. The smallest absolute Gasteiger partial charge is 0.258 e. The monoisotopic (exact) mass is 391 g/mol. The van der Waals surface area contributed by atoms with Gasteiger partial charge in [-0.05, 0) is 69.3 Å². The average Bonchev–Trinajstić information content (AvgIpc) is 2.27. The molecule has 5 heteroatoms. The highest BCUT2D eigenvalue weighted by Crippen LogP contribution is 2.34. The Hall–Kier alpha value is -0.550. The van der Waals surface area contributed by atoms with Crippen molar-refractivity contribution in [2.24, 2.45) is 5.92 Å². The second-order valence-corrected chi connectivity index (χ2v) is 6.66. The van der Waals surface area contributed by atoms with Gasteiger partial charge in [-0.25, -0.2) is 0 Å². The number of carbonyl (C=O) groups excluding carboxylic acids is 1. The SMILES string of the molecule is Cc1cc(Br)c(OCC(=O)N[C@H](C)C(C)C)c(Br)c1. The van der Waals surface area contributed by atoms with E-state index in [2.05, 4.69) is 51.0 Å². The number of carbonyl (C=O) groups is 1. The van der Waals surface area contributed by atoms with Gasteiger partial charge in [-0.3, -0.25) is 4.79 Å². The number of amides is 1. The fourth-order valence-electron chi connectivity index (χ4n) is 1.42. The summed E-state index contributed by atoms with van der Waals surface area (Å²) in [5, 5.41) is 2.91. The molecule has 0 unspecified atom stereocenters. The van der Waals surface area contributed by atoms with E-state index in [0.29, 0.717) is 11.7 Å². The van der Waals surface area contributed by atoms with Crippen LogP contribution in [0.2, 0.25) is 0 Å². The van der Waals surface area contributed by atoms with Gasteiger partial charge in [0, 0.05) is 6.04 Å². The third-order valence-electron chi connectivity index (χ3n) is 2.88. The molecule has 1 aromatic rings. The predicted octanol–water partition coefficient (Wildman–Crippen LogP) is 4.06. The fourth-order valence-corrected chi connectivity index (χ4v) is 3.07. The van der Waals surface area contributed by atoms with Crippen molar-refractivity contribution in [3.05, 3.63) is 26.6 Å². The van der Waals surface area contributed by atoms with E-state index in [1.54, 1.807) is 0 Å². The van der Waals surface area contributed by atoms with Gasteiger partial charge >= 0.3 is 0 Å². The zero-order valence-corrected chi connectivity index (χ0v) is 14.8. The second kappa shape index (κ2) is 7.29. The first kappa shape index (κ1) is 16.5. The first-order valence-electron chi connectivity index (χ1n) is 6.19. The minimum absolute atomic E-state index is 0.0112. The Balaban J connectivity index is 2.60. The highest BCUT2D eigenvalue weighted by molar-refractivity contribution is 9.11. The summed E-state index contributed by atoms with van der Waals surface area (Å²) in [6.45, 7) is 8.13. The Bertz CT molecular complexity index is 438. The molecule has 0 aromatic heterocycles. The van der Waals surface area contributed by atoms with Gasteiger partial charge in [0.1, 0.15) is 5.75 Å². The van der Waals surface area contributed by atoms with Crippen molar-refractivity contribution < 1.29 is 9.53 Å². The predicted molar refractivity (Wildman–Crippen MR) is 84.5 cm³/mol. The van der Waals surface area contributed by atoms with Crippen LogP contribution in [0.5, 0.6) is 5.75 Å². The van der Waals surface area contributed by atoms with Gasteiger partial charge in [0.05, 0.1) is 8.95 Å². The highest BCUT2D eigenvalue weighted by Gasteiger charge is 2.13. The van der Waals surface area contributed by atoms with Crippen molar-refractivity contribution in [2.45, 2.75) is 33.7 Å². The molecule has 19 heavy (non-hydrogen) atoms. The van der Waals surface area contributed by atoms with E-state index in [4.69, 9.17) is 4.74 Å². The maximum absolute atomic E-state index is 11.8. The Morgan fingerprint density at radius 2 is 1.79 bits per heavy atom. The third kappa shape index (κ3) is 5.15. The molecule has 0 fully saturated rings. The number of halogens is 2. The van der Waals surface area contributed by atoms with Crippen molar-refractivity contribution in [1.82, 2.24) is 5.32 Å². The van der Waals surface area contributed by atoms with Crippen LogP contribution in [0.1, 0.15) is 26.3 Å². The minimum Gasteiger partial charge on any atom is -0.481 e. The van der Waals surface area contributed by atoms with Gasteiger partial charge in [0.2, 0.25) is 0 Å². The fraction of sp³-hybridized carbons (Fsp3) is 0.500. The number of benzene rings is 1. The van der Waals surface area contributed by atoms with E-state index in [1.165, 1.54) is 0 Å². The van der Waals surface area contributed by atoms with Crippen molar-refractivity contribution in [2.75, 3.05) is 6.61 Å². The van der Waals surface area contributed by atoms with E-state index in [0.717, 1.165) is 14.5 Å². The molecular formula is C14H19Br2NO2. The van der Waals surface area contributed by atoms with Gasteiger partial charge in [-0.15, -0.1) is 0 Å². The molecule has 0 spiro atoms.